The van der Waals surface area contributed by atoms with E-state index in [-0.39, 0.29) is 5.76 Å². The molecule has 2 rings (SSSR count). The summed E-state index contributed by atoms with van der Waals surface area (Å²) < 4.78 is 9.72. The van der Waals surface area contributed by atoms with Gasteiger partial charge in [0.15, 0.2) is 0 Å². The van der Waals surface area contributed by atoms with E-state index < -0.39 is 5.97 Å². The molecule has 0 radical (unpaired) electrons. The van der Waals surface area contributed by atoms with Crippen LogP contribution in [0.2, 0.25) is 0 Å². The molecule has 82 valence electrons. The molecule has 0 saturated carbocycles. The average Bonchev–Trinajstić information content (AvgIpc) is 2.78. The molecule has 1 N–H and O–H groups in total. The lowest BCUT2D eigenvalue weighted by Gasteiger charge is -2.00. The van der Waals surface area contributed by atoms with Gasteiger partial charge in [-0.05, 0) is 12.1 Å². The standard InChI is InChI=1S/C11H9NO4/c1-15-8-4-2-3-7(5-8)9-6-10(11(13)14)16-12-9/h2-6H,1H3,(H,13,14). The van der Waals surface area contributed by atoms with Crippen molar-refractivity contribution in [2.75, 3.05) is 7.11 Å². The van der Waals surface area contributed by atoms with Gasteiger partial charge in [-0.25, -0.2) is 4.79 Å². The summed E-state index contributed by atoms with van der Waals surface area (Å²) in [5.41, 5.74) is 1.21. The van der Waals surface area contributed by atoms with Crippen LogP contribution in [0.1, 0.15) is 10.6 Å². The molecule has 2 aromatic rings. The van der Waals surface area contributed by atoms with E-state index in [9.17, 15) is 4.79 Å². The molecule has 0 unspecified atom stereocenters. The fraction of sp³-hybridized carbons (Fsp3) is 0.0909. The summed E-state index contributed by atoms with van der Waals surface area (Å²) in [7, 11) is 1.56. The SMILES string of the molecule is COc1cccc(-c2cc(C(=O)O)on2)c1. The molecule has 0 aliphatic rings. The van der Waals surface area contributed by atoms with E-state index >= 15 is 0 Å². The summed E-state index contributed by atoms with van der Waals surface area (Å²) >= 11 is 0. The van der Waals surface area contributed by atoms with Crippen LogP contribution < -0.4 is 4.74 Å². The summed E-state index contributed by atoms with van der Waals surface area (Å²) in [5.74, 6) is -0.642. The molecule has 0 aliphatic heterocycles. The monoisotopic (exact) mass is 219 g/mol. The fourth-order valence-corrected chi connectivity index (χ4v) is 1.29. The lowest BCUT2D eigenvalue weighted by Crippen LogP contribution is -1.91. The zero-order chi connectivity index (χ0) is 11.5. The van der Waals surface area contributed by atoms with Gasteiger partial charge in [0, 0.05) is 11.6 Å². The summed E-state index contributed by atoms with van der Waals surface area (Å²) in [6, 6.07) is 8.51. The minimum absolute atomic E-state index is 0.183. The fourth-order valence-electron chi connectivity index (χ4n) is 1.29. The van der Waals surface area contributed by atoms with Crippen LogP contribution in [-0.2, 0) is 0 Å². The maximum absolute atomic E-state index is 10.6. The third-order valence-corrected chi connectivity index (χ3v) is 2.09. The Balaban J connectivity index is 2.38. The number of rotatable bonds is 3. The highest BCUT2D eigenvalue weighted by molar-refractivity contribution is 5.85. The minimum Gasteiger partial charge on any atom is -0.497 e. The molecule has 1 aromatic heterocycles. The van der Waals surface area contributed by atoms with Crippen molar-refractivity contribution in [1.29, 1.82) is 0 Å². The normalized spacial score (nSPS) is 10.1. The van der Waals surface area contributed by atoms with Gasteiger partial charge in [-0.3, -0.25) is 0 Å². The van der Waals surface area contributed by atoms with E-state index in [1.165, 1.54) is 6.07 Å². The molecule has 5 nitrogen and oxygen atoms in total. The Kier molecular flexibility index (Phi) is 2.59. The zero-order valence-electron chi connectivity index (χ0n) is 8.51. The quantitative estimate of drug-likeness (QED) is 0.855. The highest BCUT2D eigenvalue weighted by Gasteiger charge is 2.12. The van der Waals surface area contributed by atoms with Crippen molar-refractivity contribution in [3.63, 3.8) is 0 Å². The van der Waals surface area contributed by atoms with Crippen LogP contribution in [0.5, 0.6) is 5.75 Å². The van der Waals surface area contributed by atoms with Gasteiger partial charge in [-0.15, -0.1) is 0 Å². The van der Waals surface area contributed by atoms with Gasteiger partial charge in [0.05, 0.1) is 7.11 Å². The van der Waals surface area contributed by atoms with Crippen molar-refractivity contribution in [3.8, 4) is 17.0 Å². The van der Waals surface area contributed by atoms with E-state index in [0.717, 1.165) is 5.56 Å². The molecular formula is C11H9NO4. The van der Waals surface area contributed by atoms with Gasteiger partial charge < -0.3 is 14.4 Å². The minimum atomic E-state index is -1.14. The maximum atomic E-state index is 10.6. The van der Waals surface area contributed by atoms with Gasteiger partial charge in [0.25, 0.3) is 0 Å². The number of hydrogen-bond acceptors (Lipinski definition) is 4. The Morgan fingerprint density at radius 1 is 1.44 bits per heavy atom. The van der Waals surface area contributed by atoms with Crippen LogP contribution >= 0.6 is 0 Å². The lowest BCUT2D eigenvalue weighted by atomic mass is 10.1. The molecule has 1 heterocycles. The van der Waals surface area contributed by atoms with Crippen molar-refractivity contribution in [2.45, 2.75) is 0 Å². The number of carboxylic acids is 1. The number of benzene rings is 1. The van der Waals surface area contributed by atoms with Crippen molar-refractivity contribution in [1.82, 2.24) is 5.16 Å². The number of carbonyl (C=O) groups is 1. The molecule has 16 heavy (non-hydrogen) atoms. The number of nitrogens with zero attached hydrogens (tertiary/aromatic N) is 1. The summed E-state index contributed by atoms with van der Waals surface area (Å²) in [6.07, 6.45) is 0. The van der Waals surface area contributed by atoms with E-state index in [4.69, 9.17) is 9.84 Å². The van der Waals surface area contributed by atoms with Gasteiger partial charge in [-0.1, -0.05) is 17.3 Å². The first-order valence-electron chi connectivity index (χ1n) is 4.55. The van der Waals surface area contributed by atoms with Crippen molar-refractivity contribution in [3.05, 3.63) is 36.1 Å². The third-order valence-electron chi connectivity index (χ3n) is 2.09. The molecule has 0 spiro atoms. The second-order valence-electron chi connectivity index (χ2n) is 3.11. The zero-order valence-corrected chi connectivity index (χ0v) is 8.51. The Labute approximate surface area is 91.3 Å². The number of methoxy groups -OCH3 is 1. The smallest absolute Gasteiger partial charge is 0.374 e. The number of ether oxygens (including phenoxy) is 1. The molecule has 0 saturated heterocycles. The second-order valence-corrected chi connectivity index (χ2v) is 3.11. The predicted octanol–water partition coefficient (Wildman–Crippen LogP) is 2.05. The highest BCUT2D eigenvalue weighted by Crippen LogP contribution is 2.23. The Bertz CT molecular complexity index is 518. The topological polar surface area (TPSA) is 72.6 Å². The van der Waals surface area contributed by atoms with Gasteiger partial charge in [-0.2, -0.15) is 0 Å². The maximum Gasteiger partial charge on any atom is 0.374 e. The first-order valence-corrected chi connectivity index (χ1v) is 4.55. The second kappa shape index (κ2) is 4.06. The Hall–Kier alpha value is -2.30. The molecular weight excluding hydrogens is 210 g/mol. The van der Waals surface area contributed by atoms with Crippen LogP contribution in [0.15, 0.2) is 34.9 Å². The molecule has 0 bridgehead atoms. The van der Waals surface area contributed by atoms with Crippen molar-refractivity contribution < 1.29 is 19.2 Å². The van der Waals surface area contributed by atoms with E-state index in [1.807, 2.05) is 0 Å². The Morgan fingerprint density at radius 2 is 2.25 bits per heavy atom. The largest absolute Gasteiger partial charge is 0.497 e. The van der Waals surface area contributed by atoms with E-state index in [1.54, 1.807) is 31.4 Å². The molecule has 0 fully saturated rings. The van der Waals surface area contributed by atoms with Crippen molar-refractivity contribution in [2.24, 2.45) is 0 Å². The van der Waals surface area contributed by atoms with Crippen molar-refractivity contribution >= 4 is 5.97 Å². The first-order chi connectivity index (χ1) is 7.70. The molecule has 0 atom stereocenters. The van der Waals surface area contributed by atoms with E-state index in [0.29, 0.717) is 11.4 Å². The van der Waals surface area contributed by atoms with Crippen LogP contribution in [0.25, 0.3) is 11.3 Å². The predicted molar refractivity (Wildman–Crippen MR) is 55.5 cm³/mol. The van der Waals surface area contributed by atoms with Gasteiger partial charge >= 0.3 is 5.97 Å². The van der Waals surface area contributed by atoms with Gasteiger partial charge in [0.1, 0.15) is 11.4 Å². The van der Waals surface area contributed by atoms with Crippen LogP contribution in [0.3, 0.4) is 0 Å². The number of aromatic nitrogens is 1. The molecule has 5 heteroatoms. The van der Waals surface area contributed by atoms with Crippen LogP contribution in [0.4, 0.5) is 0 Å². The number of carboxylic acid groups (broad SMARTS) is 1. The molecule has 1 aromatic carbocycles. The average molecular weight is 219 g/mol. The third kappa shape index (κ3) is 1.88. The lowest BCUT2D eigenvalue weighted by molar-refractivity contribution is 0.0652. The summed E-state index contributed by atoms with van der Waals surface area (Å²) in [6.45, 7) is 0. The molecule has 0 amide bonds. The Morgan fingerprint density at radius 3 is 2.88 bits per heavy atom. The van der Waals surface area contributed by atoms with Crippen LogP contribution in [-0.4, -0.2) is 23.3 Å². The molecule has 0 aliphatic carbocycles. The van der Waals surface area contributed by atoms with Gasteiger partial charge in [0.2, 0.25) is 5.76 Å². The summed E-state index contributed by atoms with van der Waals surface area (Å²) in [5, 5.41) is 12.4. The number of aromatic carboxylic acids is 1. The summed E-state index contributed by atoms with van der Waals surface area (Å²) in [4.78, 5) is 10.6. The highest BCUT2D eigenvalue weighted by atomic mass is 16.5. The number of hydrogen-bond donors (Lipinski definition) is 1. The first kappa shape index (κ1) is 10.2. The van der Waals surface area contributed by atoms with E-state index in [2.05, 4.69) is 9.68 Å². The van der Waals surface area contributed by atoms with Crippen LogP contribution in [0, 0.1) is 0 Å².